The highest BCUT2D eigenvalue weighted by Gasteiger charge is 1.99. The van der Waals surface area contributed by atoms with Crippen LogP contribution in [-0.2, 0) is 0 Å². The van der Waals surface area contributed by atoms with Gasteiger partial charge in [0.2, 0.25) is 0 Å². The van der Waals surface area contributed by atoms with Gasteiger partial charge in [-0.05, 0) is 50.2 Å². The first kappa shape index (κ1) is 17.7. The van der Waals surface area contributed by atoms with Crippen molar-refractivity contribution < 1.29 is 9.47 Å². The molecule has 2 aromatic carbocycles. The van der Waals surface area contributed by atoms with E-state index >= 15 is 0 Å². The maximum absolute atomic E-state index is 5.88. The van der Waals surface area contributed by atoms with Crippen LogP contribution in [0.3, 0.4) is 0 Å². The van der Waals surface area contributed by atoms with Crippen LogP contribution in [0.1, 0.15) is 20.3 Å². The highest BCUT2D eigenvalue weighted by atomic mass is 16.5. The normalized spacial score (nSPS) is 11.4. The number of para-hydroxylation sites is 1. The SMILES string of the molecule is CC(C)Oc1ccc(NC(N)=NCCCOc2ccccc2)cc1. The Morgan fingerprint density at radius 1 is 1.04 bits per heavy atom. The predicted octanol–water partition coefficient (Wildman–Crippen LogP) is 3.67. The second-order valence-electron chi connectivity index (χ2n) is 5.60. The van der Waals surface area contributed by atoms with E-state index in [1.54, 1.807) is 0 Å². The van der Waals surface area contributed by atoms with Gasteiger partial charge in [-0.25, -0.2) is 0 Å². The second kappa shape index (κ2) is 9.45. The first-order valence-corrected chi connectivity index (χ1v) is 8.15. The maximum atomic E-state index is 5.88. The first-order valence-electron chi connectivity index (χ1n) is 8.15. The fourth-order valence-corrected chi connectivity index (χ4v) is 2.05. The van der Waals surface area contributed by atoms with E-state index in [4.69, 9.17) is 15.2 Å². The largest absolute Gasteiger partial charge is 0.494 e. The molecule has 0 heterocycles. The molecule has 0 fully saturated rings. The van der Waals surface area contributed by atoms with Crippen molar-refractivity contribution in [2.45, 2.75) is 26.4 Å². The highest BCUT2D eigenvalue weighted by molar-refractivity contribution is 5.92. The molecule has 2 aromatic rings. The van der Waals surface area contributed by atoms with Crippen molar-refractivity contribution in [3.63, 3.8) is 0 Å². The standard InChI is InChI=1S/C19H25N3O2/c1-15(2)24-18-11-9-16(10-12-18)22-19(20)21-13-6-14-23-17-7-4-3-5-8-17/h3-5,7-12,15H,6,13-14H2,1-2H3,(H3,20,21,22). The van der Waals surface area contributed by atoms with E-state index in [0.29, 0.717) is 19.1 Å². The lowest BCUT2D eigenvalue weighted by Gasteiger charge is -2.11. The summed E-state index contributed by atoms with van der Waals surface area (Å²) in [5.74, 6) is 2.10. The van der Waals surface area contributed by atoms with Crippen molar-refractivity contribution in [2.75, 3.05) is 18.5 Å². The van der Waals surface area contributed by atoms with Crippen LogP contribution < -0.4 is 20.5 Å². The Labute approximate surface area is 143 Å². The molecule has 5 nitrogen and oxygen atoms in total. The van der Waals surface area contributed by atoms with Gasteiger partial charge in [-0.2, -0.15) is 0 Å². The molecule has 128 valence electrons. The molecule has 0 atom stereocenters. The molecular weight excluding hydrogens is 302 g/mol. The molecule has 24 heavy (non-hydrogen) atoms. The lowest BCUT2D eigenvalue weighted by atomic mass is 10.3. The minimum Gasteiger partial charge on any atom is -0.494 e. The summed E-state index contributed by atoms with van der Waals surface area (Å²) in [7, 11) is 0. The number of nitrogens with zero attached hydrogens (tertiary/aromatic N) is 1. The zero-order chi connectivity index (χ0) is 17.2. The van der Waals surface area contributed by atoms with E-state index in [9.17, 15) is 0 Å². The number of hydrogen-bond acceptors (Lipinski definition) is 3. The number of hydrogen-bond donors (Lipinski definition) is 2. The van der Waals surface area contributed by atoms with Crippen molar-refractivity contribution in [2.24, 2.45) is 10.7 Å². The van der Waals surface area contributed by atoms with Gasteiger partial charge in [0.1, 0.15) is 11.5 Å². The van der Waals surface area contributed by atoms with Crippen LogP contribution in [0.5, 0.6) is 11.5 Å². The van der Waals surface area contributed by atoms with Crippen molar-refractivity contribution in [3.8, 4) is 11.5 Å². The molecule has 0 spiro atoms. The van der Waals surface area contributed by atoms with Crippen molar-refractivity contribution in [1.29, 1.82) is 0 Å². The van der Waals surface area contributed by atoms with Crippen LogP contribution in [0.2, 0.25) is 0 Å². The smallest absolute Gasteiger partial charge is 0.193 e. The van der Waals surface area contributed by atoms with E-state index in [-0.39, 0.29) is 6.10 Å². The summed E-state index contributed by atoms with van der Waals surface area (Å²) >= 11 is 0. The van der Waals surface area contributed by atoms with Crippen molar-refractivity contribution in [1.82, 2.24) is 0 Å². The zero-order valence-electron chi connectivity index (χ0n) is 14.2. The molecular formula is C19H25N3O2. The second-order valence-corrected chi connectivity index (χ2v) is 5.60. The highest BCUT2D eigenvalue weighted by Crippen LogP contribution is 2.16. The van der Waals surface area contributed by atoms with E-state index in [2.05, 4.69) is 10.3 Å². The van der Waals surface area contributed by atoms with E-state index in [1.807, 2.05) is 68.4 Å². The van der Waals surface area contributed by atoms with Crippen LogP contribution in [0.4, 0.5) is 5.69 Å². The number of anilines is 1. The summed E-state index contributed by atoms with van der Waals surface area (Å²) in [5, 5.41) is 3.06. The van der Waals surface area contributed by atoms with Gasteiger partial charge < -0.3 is 20.5 Å². The summed E-state index contributed by atoms with van der Waals surface area (Å²) in [6, 6.07) is 17.4. The van der Waals surface area contributed by atoms with Gasteiger partial charge >= 0.3 is 0 Å². The van der Waals surface area contributed by atoms with Crippen LogP contribution in [0.25, 0.3) is 0 Å². The van der Waals surface area contributed by atoms with Crippen LogP contribution in [0, 0.1) is 0 Å². The molecule has 5 heteroatoms. The van der Waals surface area contributed by atoms with Gasteiger partial charge in [0.25, 0.3) is 0 Å². The summed E-state index contributed by atoms with van der Waals surface area (Å²) in [6.45, 7) is 5.22. The Morgan fingerprint density at radius 2 is 1.75 bits per heavy atom. The number of nitrogens with two attached hydrogens (primary N) is 1. The third kappa shape index (κ3) is 6.60. The Bertz CT molecular complexity index is 625. The molecule has 0 aliphatic rings. The van der Waals surface area contributed by atoms with Crippen molar-refractivity contribution in [3.05, 3.63) is 54.6 Å². The minimum atomic E-state index is 0.161. The maximum Gasteiger partial charge on any atom is 0.193 e. The van der Waals surface area contributed by atoms with Gasteiger partial charge in [-0.3, -0.25) is 4.99 Å². The summed E-state index contributed by atoms with van der Waals surface area (Å²) in [6.07, 6.45) is 0.965. The quantitative estimate of drug-likeness (QED) is 0.441. The van der Waals surface area contributed by atoms with Gasteiger partial charge in [-0.15, -0.1) is 0 Å². The van der Waals surface area contributed by atoms with Crippen molar-refractivity contribution >= 4 is 11.6 Å². The van der Waals surface area contributed by atoms with Gasteiger partial charge in [-0.1, -0.05) is 18.2 Å². The molecule has 0 aromatic heterocycles. The Morgan fingerprint density at radius 3 is 2.42 bits per heavy atom. The Kier molecular flexibility index (Phi) is 6.95. The lowest BCUT2D eigenvalue weighted by Crippen LogP contribution is -2.23. The number of aliphatic imine (C=N–C) groups is 1. The van der Waals surface area contributed by atoms with Gasteiger partial charge in [0, 0.05) is 18.7 Å². The van der Waals surface area contributed by atoms with Crippen LogP contribution >= 0.6 is 0 Å². The van der Waals surface area contributed by atoms with Gasteiger partial charge in [0.05, 0.1) is 12.7 Å². The molecule has 0 radical (unpaired) electrons. The van der Waals surface area contributed by atoms with Gasteiger partial charge in [0.15, 0.2) is 5.96 Å². The number of benzene rings is 2. The Hall–Kier alpha value is -2.69. The molecule has 0 saturated heterocycles. The molecule has 0 amide bonds. The molecule has 0 saturated carbocycles. The lowest BCUT2D eigenvalue weighted by molar-refractivity contribution is 0.242. The number of nitrogens with one attached hydrogen (secondary N) is 1. The third-order valence-electron chi connectivity index (χ3n) is 3.10. The monoisotopic (exact) mass is 327 g/mol. The molecule has 0 aliphatic carbocycles. The molecule has 0 bridgehead atoms. The Balaban J connectivity index is 1.69. The van der Waals surface area contributed by atoms with E-state index in [0.717, 1.165) is 23.6 Å². The average Bonchev–Trinajstić information content (AvgIpc) is 2.57. The average molecular weight is 327 g/mol. The van der Waals surface area contributed by atoms with E-state index < -0.39 is 0 Å². The fraction of sp³-hybridized carbons (Fsp3) is 0.316. The molecule has 0 unspecified atom stereocenters. The van der Waals surface area contributed by atoms with Crippen LogP contribution in [-0.4, -0.2) is 25.2 Å². The topological polar surface area (TPSA) is 68.9 Å². The number of rotatable bonds is 8. The third-order valence-corrected chi connectivity index (χ3v) is 3.10. The predicted molar refractivity (Wildman–Crippen MR) is 98.9 cm³/mol. The van der Waals surface area contributed by atoms with Crippen LogP contribution in [0.15, 0.2) is 59.6 Å². The van der Waals surface area contributed by atoms with E-state index in [1.165, 1.54) is 0 Å². The molecule has 0 aliphatic heterocycles. The number of guanidine groups is 1. The first-order chi connectivity index (χ1) is 11.6. The fourth-order valence-electron chi connectivity index (χ4n) is 2.05. The minimum absolute atomic E-state index is 0.161. The zero-order valence-corrected chi connectivity index (χ0v) is 14.2. The number of ether oxygens (including phenoxy) is 2. The molecule has 2 rings (SSSR count). The summed E-state index contributed by atoms with van der Waals surface area (Å²) in [4.78, 5) is 4.29. The summed E-state index contributed by atoms with van der Waals surface area (Å²) < 4.78 is 11.2. The molecule has 3 N–H and O–H groups in total. The summed E-state index contributed by atoms with van der Waals surface area (Å²) in [5.41, 5.74) is 6.77.